The van der Waals surface area contributed by atoms with Gasteiger partial charge < -0.3 is 9.80 Å². The number of rotatable bonds is 6. The molecule has 1 saturated heterocycles. The van der Waals surface area contributed by atoms with Crippen molar-refractivity contribution in [1.82, 2.24) is 4.90 Å². The van der Waals surface area contributed by atoms with E-state index in [0.29, 0.717) is 30.2 Å². The number of carbonyl (C=O) groups is 1. The number of hydrogen-bond donors (Lipinski definition) is 0. The molecule has 5 atom stereocenters. The number of para-hydroxylation sites is 1. The molecular formula is C26H32N2O. The van der Waals surface area contributed by atoms with Gasteiger partial charge in [0.25, 0.3) is 0 Å². The summed E-state index contributed by atoms with van der Waals surface area (Å²) < 4.78 is 0. The zero-order chi connectivity index (χ0) is 19.8. The minimum atomic E-state index is 0.291. The van der Waals surface area contributed by atoms with Crippen molar-refractivity contribution in [3.63, 3.8) is 0 Å². The van der Waals surface area contributed by atoms with Crippen molar-refractivity contribution in [2.24, 2.45) is 23.7 Å². The summed E-state index contributed by atoms with van der Waals surface area (Å²) in [6, 6.07) is 21.7. The Bertz CT molecular complexity index is 816. The Morgan fingerprint density at radius 1 is 0.897 bits per heavy atom. The molecule has 2 aromatic rings. The summed E-state index contributed by atoms with van der Waals surface area (Å²) in [5, 5.41) is 0. The van der Waals surface area contributed by atoms with E-state index in [0.717, 1.165) is 30.5 Å². The van der Waals surface area contributed by atoms with E-state index in [1.54, 1.807) is 0 Å². The molecule has 1 unspecified atom stereocenters. The lowest BCUT2D eigenvalue weighted by atomic mass is 9.82. The highest BCUT2D eigenvalue weighted by atomic mass is 16.2. The number of nitrogens with zero attached hydrogens (tertiary/aromatic N) is 2. The molecule has 2 aromatic carbocycles. The van der Waals surface area contributed by atoms with Gasteiger partial charge in [-0.05, 0) is 60.6 Å². The molecule has 3 fully saturated rings. The Kier molecular flexibility index (Phi) is 5.17. The lowest BCUT2D eigenvalue weighted by molar-refractivity contribution is -0.119. The molecule has 1 amide bonds. The fourth-order valence-electron chi connectivity index (χ4n) is 6.56. The molecule has 1 aliphatic heterocycles. The monoisotopic (exact) mass is 388 g/mol. The molecule has 0 N–H and O–H groups in total. The van der Waals surface area contributed by atoms with Crippen LogP contribution in [0.2, 0.25) is 0 Å². The van der Waals surface area contributed by atoms with Crippen molar-refractivity contribution in [2.75, 3.05) is 24.5 Å². The number of carbonyl (C=O) groups excluding carboxylic acids is 1. The highest BCUT2D eigenvalue weighted by molar-refractivity contribution is 5.94. The Labute approximate surface area is 174 Å². The maximum absolute atomic E-state index is 13.0. The second kappa shape index (κ2) is 7.95. The number of benzene rings is 2. The van der Waals surface area contributed by atoms with Crippen LogP contribution < -0.4 is 4.90 Å². The molecule has 5 rings (SSSR count). The number of likely N-dealkylation sites (tertiary alicyclic amines) is 1. The Hall–Kier alpha value is -2.13. The predicted octanol–water partition coefficient (Wildman–Crippen LogP) is 4.63. The Morgan fingerprint density at radius 3 is 2.07 bits per heavy atom. The van der Waals surface area contributed by atoms with Crippen LogP contribution in [-0.4, -0.2) is 36.5 Å². The van der Waals surface area contributed by atoms with Crippen molar-refractivity contribution in [2.45, 2.75) is 38.6 Å². The van der Waals surface area contributed by atoms with Crippen LogP contribution in [-0.2, 0) is 11.2 Å². The fraction of sp³-hybridized carbons (Fsp3) is 0.500. The predicted molar refractivity (Wildman–Crippen MR) is 118 cm³/mol. The van der Waals surface area contributed by atoms with Gasteiger partial charge in [0.05, 0.1) is 0 Å². The lowest BCUT2D eigenvalue weighted by Crippen LogP contribution is -2.45. The standard InChI is InChI=1S/C26H32N2O/c1-2-25(29)28(20-11-7-4-8-12-20)26-21-13-14-22(26)24-18-27(17-23(21)24)16-15-19-9-5-3-6-10-19/h3-12,21-24,26H,2,13-18H2,1H3/t21-,22+,23-,24+,26?. The molecule has 29 heavy (non-hydrogen) atoms. The van der Waals surface area contributed by atoms with Crippen LogP contribution >= 0.6 is 0 Å². The van der Waals surface area contributed by atoms with Gasteiger partial charge in [0, 0.05) is 37.8 Å². The zero-order valence-electron chi connectivity index (χ0n) is 17.4. The fourth-order valence-corrected chi connectivity index (χ4v) is 6.56. The molecule has 152 valence electrons. The average Bonchev–Trinajstić information content (AvgIpc) is 3.45. The van der Waals surface area contributed by atoms with Gasteiger partial charge in [0.1, 0.15) is 0 Å². The van der Waals surface area contributed by atoms with Crippen LogP contribution in [0, 0.1) is 23.7 Å². The second-order valence-corrected chi connectivity index (χ2v) is 9.17. The largest absolute Gasteiger partial charge is 0.309 e. The summed E-state index contributed by atoms with van der Waals surface area (Å²) in [5.74, 6) is 3.17. The van der Waals surface area contributed by atoms with Crippen molar-refractivity contribution in [3.05, 3.63) is 66.2 Å². The summed E-state index contributed by atoms with van der Waals surface area (Å²) in [6.07, 6.45) is 4.32. The van der Waals surface area contributed by atoms with Gasteiger partial charge in [-0.2, -0.15) is 0 Å². The molecule has 3 heteroatoms. The quantitative estimate of drug-likeness (QED) is 0.720. The second-order valence-electron chi connectivity index (χ2n) is 9.17. The maximum atomic E-state index is 13.0. The minimum absolute atomic E-state index is 0.291. The van der Waals surface area contributed by atoms with Crippen molar-refractivity contribution in [3.8, 4) is 0 Å². The van der Waals surface area contributed by atoms with E-state index in [1.807, 2.05) is 13.0 Å². The van der Waals surface area contributed by atoms with Gasteiger partial charge >= 0.3 is 0 Å². The first kappa shape index (κ1) is 18.9. The molecule has 2 saturated carbocycles. The topological polar surface area (TPSA) is 23.6 Å². The molecule has 0 aromatic heterocycles. The van der Waals surface area contributed by atoms with Gasteiger partial charge in [-0.25, -0.2) is 0 Å². The van der Waals surface area contributed by atoms with E-state index in [4.69, 9.17) is 0 Å². The smallest absolute Gasteiger partial charge is 0.226 e. The maximum Gasteiger partial charge on any atom is 0.226 e. The first-order valence-corrected chi connectivity index (χ1v) is 11.4. The van der Waals surface area contributed by atoms with Crippen LogP contribution in [0.15, 0.2) is 60.7 Å². The lowest BCUT2D eigenvalue weighted by Gasteiger charge is -2.34. The Balaban J connectivity index is 1.31. The van der Waals surface area contributed by atoms with E-state index in [9.17, 15) is 4.79 Å². The average molecular weight is 389 g/mol. The molecule has 0 radical (unpaired) electrons. The summed E-state index contributed by atoms with van der Waals surface area (Å²) in [4.78, 5) is 17.9. The first-order valence-electron chi connectivity index (χ1n) is 11.4. The molecular weight excluding hydrogens is 356 g/mol. The summed E-state index contributed by atoms with van der Waals surface area (Å²) in [5.41, 5.74) is 2.54. The number of fused-ring (bicyclic) bond motifs is 5. The summed E-state index contributed by atoms with van der Waals surface area (Å²) in [6.45, 7) is 5.61. The third-order valence-electron chi connectivity index (χ3n) is 7.76. The van der Waals surface area contributed by atoms with E-state index < -0.39 is 0 Å². The van der Waals surface area contributed by atoms with E-state index in [-0.39, 0.29) is 0 Å². The van der Waals surface area contributed by atoms with Gasteiger partial charge in [-0.15, -0.1) is 0 Å². The number of amides is 1. The molecule has 3 aliphatic rings. The van der Waals surface area contributed by atoms with Gasteiger partial charge in [0.2, 0.25) is 5.91 Å². The van der Waals surface area contributed by atoms with E-state index in [2.05, 4.69) is 64.4 Å². The van der Waals surface area contributed by atoms with Crippen LogP contribution in [0.4, 0.5) is 5.69 Å². The molecule has 2 aliphatic carbocycles. The highest BCUT2D eigenvalue weighted by Crippen LogP contribution is 2.57. The van der Waals surface area contributed by atoms with Crippen molar-refractivity contribution < 1.29 is 4.79 Å². The van der Waals surface area contributed by atoms with Gasteiger partial charge in [0.15, 0.2) is 0 Å². The van der Waals surface area contributed by atoms with E-state index in [1.165, 1.54) is 31.5 Å². The van der Waals surface area contributed by atoms with E-state index >= 15 is 0 Å². The van der Waals surface area contributed by atoms with Crippen molar-refractivity contribution >= 4 is 11.6 Å². The highest BCUT2D eigenvalue weighted by Gasteiger charge is 2.59. The van der Waals surface area contributed by atoms with Crippen molar-refractivity contribution in [1.29, 1.82) is 0 Å². The normalized spacial score (nSPS) is 30.4. The zero-order valence-corrected chi connectivity index (χ0v) is 17.4. The number of hydrogen-bond acceptors (Lipinski definition) is 2. The number of anilines is 1. The first-order chi connectivity index (χ1) is 14.3. The molecule has 0 spiro atoms. The van der Waals surface area contributed by atoms with Gasteiger partial charge in [-0.3, -0.25) is 4.79 Å². The summed E-state index contributed by atoms with van der Waals surface area (Å²) in [7, 11) is 0. The summed E-state index contributed by atoms with van der Waals surface area (Å²) >= 11 is 0. The van der Waals surface area contributed by atoms with Gasteiger partial charge in [-0.1, -0.05) is 55.5 Å². The minimum Gasteiger partial charge on any atom is -0.309 e. The molecule has 3 nitrogen and oxygen atoms in total. The third kappa shape index (κ3) is 3.40. The van der Waals surface area contributed by atoms with Crippen LogP contribution in [0.1, 0.15) is 31.7 Å². The third-order valence-corrected chi connectivity index (χ3v) is 7.76. The van der Waals surface area contributed by atoms with Crippen LogP contribution in [0.5, 0.6) is 0 Å². The van der Waals surface area contributed by atoms with Crippen LogP contribution in [0.25, 0.3) is 0 Å². The Morgan fingerprint density at radius 2 is 1.48 bits per heavy atom. The molecule has 2 bridgehead atoms. The van der Waals surface area contributed by atoms with Crippen LogP contribution in [0.3, 0.4) is 0 Å². The SMILES string of the molecule is CCC(=O)N(c1ccccc1)C1[C@H]2CC[C@@H]1[C@H]1CN(CCc3ccccc3)C[C@H]12. The molecule has 1 heterocycles.